The molecule has 1 aliphatic heterocycles. The fourth-order valence-corrected chi connectivity index (χ4v) is 7.54. The van der Waals surface area contributed by atoms with Crippen LogP contribution in [0.3, 0.4) is 0 Å². The number of hydrogen-bond acceptors (Lipinski definition) is 4. The second-order valence-corrected chi connectivity index (χ2v) is 12.6. The van der Waals surface area contributed by atoms with E-state index in [0.717, 1.165) is 49.6 Å². The van der Waals surface area contributed by atoms with E-state index in [9.17, 15) is 4.57 Å². The van der Waals surface area contributed by atoms with Crippen molar-refractivity contribution >= 4 is 17.8 Å². The Kier molecular flexibility index (Phi) is 5.57. The summed E-state index contributed by atoms with van der Waals surface area (Å²) in [5.41, 5.74) is 7.11. The van der Waals surface area contributed by atoms with Crippen LogP contribution >= 0.6 is 7.14 Å². The number of nitrogens with zero attached hydrogens (tertiary/aromatic N) is 3. The first-order valence-electron chi connectivity index (χ1n) is 12.9. The van der Waals surface area contributed by atoms with E-state index in [1.54, 1.807) is 0 Å². The maximum absolute atomic E-state index is 13.5. The van der Waals surface area contributed by atoms with E-state index in [2.05, 4.69) is 42.5 Å². The summed E-state index contributed by atoms with van der Waals surface area (Å²) < 4.78 is 13.5. The normalized spacial score (nSPS) is 15.5. The fourth-order valence-electron chi connectivity index (χ4n) is 5.26. The van der Waals surface area contributed by atoms with Crippen molar-refractivity contribution in [1.29, 1.82) is 0 Å². The third kappa shape index (κ3) is 4.10. The molecule has 39 heavy (non-hydrogen) atoms. The Morgan fingerprint density at radius 1 is 0.436 bits per heavy atom. The molecule has 0 amide bonds. The van der Waals surface area contributed by atoms with Gasteiger partial charge in [0.25, 0.3) is 0 Å². The second kappa shape index (κ2) is 9.27. The summed E-state index contributed by atoms with van der Waals surface area (Å²) >= 11 is 0. The van der Waals surface area contributed by atoms with Gasteiger partial charge in [0.15, 0.2) is 17.5 Å². The molecule has 1 aliphatic rings. The first-order chi connectivity index (χ1) is 19.1. The van der Waals surface area contributed by atoms with Gasteiger partial charge in [0.1, 0.15) is 7.14 Å². The van der Waals surface area contributed by atoms with Crippen LogP contribution in [0.1, 0.15) is 0 Å². The topological polar surface area (TPSA) is 55.7 Å². The highest BCUT2D eigenvalue weighted by Crippen LogP contribution is 2.50. The van der Waals surface area contributed by atoms with Crippen molar-refractivity contribution in [3.05, 3.63) is 127 Å². The predicted molar refractivity (Wildman–Crippen MR) is 160 cm³/mol. The molecule has 1 aromatic heterocycles. The Balaban J connectivity index is 1.29. The van der Waals surface area contributed by atoms with Crippen molar-refractivity contribution in [3.63, 3.8) is 0 Å². The zero-order valence-electron chi connectivity index (χ0n) is 21.3. The molecule has 0 bridgehead atoms. The van der Waals surface area contributed by atoms with Crippen molar-refractivity contribution in [2.45, 2.75) is 0 Å². The Morgan fingerprint density at radius 2 is 0.872 bits per heavy atom. The average molecular weight is 522 g/mol. The van der Waals surface area contributed by atoms with Crippen molar-refractivity contribution in [2.75, 3.05) is 6.66 Å². The largest absolute Gasteiger partial charge is 0.314 e. The molecule has 186 valence electrons. The maximum atomic E-state index is 13.5. The number of fused-ring (bicyclic) bond motifs is 3. The van der Waals surface area contributed by atoms with Crippen LogP contribution < -0.4 is 10.6 Å². The SMILES string of the molecule is CP1(=O)c2ccccc2-c2cc(-c3ccc(-c4nc(-c5ccccc5)nc(-c5ccccc5)n4)cc3)ccc21. The van der Waals surface area contributed by atoms with E-state index in [-0.39, 0.29) is 0 Å². The van der Waals surface area contributed by atoms with Gasteiger partial charge in [-0.1, -0.05) is 115 Å². The van der Waals surface area contributed by atoms with E-state index in [1.165, 1.54) is 0 Å². The lowest BCUT2D eigenvalue weighted by atomic mass is 9.98. The van der Waals surface area contributed by atoms with E-state index >= 15 is 0 Å². The minimum Gasteiger partial charge on any atom is -0.314 e. The summed E-state index contributed by atoms with van der Waals surface area (Å²) in [5, 5.41) is 1.89. The zero-order valence-corrected chi connectivity index (χ0v) is 22.2. The number of benzene rings is 5. The molecule has 2 heterocycles. The molecule has 7 rings (SSSR count). The lowest BCUT2D eigenvalue weighted by Crippen LogP contribution is -2.07. The van der Waals surface area contributed by atoms with Crippen molar-refractivity contribution < 1.29 is 4.57 Å². The minimum atomic E-state index is -2.57. The highest BCUT2D eigenvalue weighted by molar-refractivity contribution is 7.79. The van der Waals surface area contributed by atoms with Crippen LogP contribution in [0.25, 0.3) is 56.4 Å². The van der Waals surface area contributed by atoms with Gasteiger partial charge in [-0.25, -0.2) is 15.0 Å². The molecule has 5 aromatic carbocycles. The molecule has 0 N–H and O–H groups in total. The van der Waals surface area contributed by atoms with Gasteiger partial charge in [-0.2, -0.15) is 0 Å². The molecule has 0 fully saturated rings. The molecule has 0 spiro atoms. The van der Waals surface area contributed by atoms with Gasteiger partial charge < -0.3 is 4.57 Å². The quantitative estimate of drug-likeness (QED) is 0.226. The average Bonchev–Trinajstić information content (AvgIpc) is 3.24. The van der Waals surface area contributed by atoms with Crippen molar-refractivity contribution in [3.8, 4) is 56.4 Å². The maximum Gasteiger partial charge on any atom is 0.164 e. The van der Waals surface area contributed by atoms with E-state index in [1.807, 2.05) is 91.6 Å². The summed E-state index contributed by atoms with van der Waals surface area (Å²) in [7, 11) is -2.57. The third-order valence-electron chi connectivity index (χ3n) is 7.29. The van der Waals surface area contributed by atoms with E-state index < -0.39 is 7.14 Å². The van der Waals surface area contributed by atoms with Gasteiger partial charge in [-0.15, -0.1) is 0 Å². The van der Waals surface area contributed by atoms with Gasteiger partial charge in [0.05, 0.1) is 0 Å². The first-order valence-corrected chi connectivity index (χ1v) is 15.0. The van der Waals surface area contributed by atoms with Crippen LogP contribution in [-0.4, -0.2) is 21.6 Å². The molecule has 5 heteroatoms. The van der Waals surface area contributed by atoms with Gasteiger partial charge in [0.2, 0.25) is 0 Å². The molecule has 1 atom stereocenters. The predicted octanol–water partition coefficient (Wildman–Crippen LogP) is 7.46. The van der Waals surface area contributed by atoms with E-state index in [4.69, 9.17) is 15.0 Å². The van der Waals surface area contributed by atoms with Gasteiger partial charge in [-0.3, -0.25) is 0 Å². The Bertz CT molecular complexity index is 1830. The first kappa shape index (κ1) is 23.5. The summed E-state index contributed by atoms with van der Waals surface area (Å²) in [5.74, 6) is 1.92. The Morgan fingerprint density at radius 3 is 1.46 bits per heavy atom. The molecular weight excluding hydrogens is 497 g/mol. The van der Waals surface area contributed by atoms with Crippen LogP contribution in [-0.2, 0) is 4.57 Å². The number of aromatic nitrogens is 3. The number of hydrogen-bond donors (Lipinski definition) is 0. The highest BCUT2D eigenvalue weighted by Gasteiger charge is 2.34. The van der Waals surface area contributed by atoms with E-state index in [0.29, 0.717) is 17.5 Å². The smallest absolute Gasteiger partial charge is 0.164 e. The standard InChI is InChI=1S/C34H24N3OP/c1-39(38)30-15-9-8-14-28(30)29-22-27(20-21-31(29)39)23-16-18-26(19-17-23)34-36-32(24-10-4-2-5-11-24)35-33(37-34)25-12-6-3-7-13-25/h2-22H,1H3. The van der Waals surface area contributed by atoms with Crippen molar-refractivity contribution in [1.82, 2.24) is 15.0 Å². The van der Waals surface area contributed by atoms with Crippen molar-refractivity contribution in [2.24, 2.45) is 0 Å². The monoisotopic (exact) mass is 521 g/mol. The van der Waals surface area contributed by atoms with Crippen LogP contribution in [0.15, 0.2) is 127 Å². The molecule has 0 saturated carbocycles. The molecule has 0 radical (unpaired) electrons. The summed E-state index contributed by atoms with van der Waals surface area (Å²) in [6.45, 7) is 1.87. The summed E-state index contributed by atoms with van der Waals surface area (Å²) in [4.78, 5) is 14.5. The van der Waals surface area contributed by atoms with Gasteiger partial charge in [-0.05, 0) is 41.1 Å². The molecule has 0 saturated heterocycles. The van der Waals surface area contributed by atoms with Crippen LogP contribution in [0, 0.1) is 0 Å². The molecule has 0 aliphatic carbocycles. The van der Waals surface area contributed by atoms with Crippen LogP contribution in [0.2, 0.25) is 0 Å². The lowest BCUT2D eigenvalue weighted by Gasteiger charge is -2.10. The summed E-state index contributed by atoms with van der Waals surface area (Å²) in [6, 6.07) is 42.6. The Hall–Kier alpha value is -4.66. The Labute approximate surface area is 227 Å². The molecule has 6 aromatic rings. The van der Waals surface area contributed by atoms with Gasteiger partial charge >= 0.3 is 0 Å². The highest BCUT2D eigenvalue weighted by atomic mass is 31.2. The molecule has 1 unspecified atom stereocenters. The molecule has 4 nitrogen and oxygen atoms in total. The minimum absolute atomic E-state index is 0.629. The van der Waals surface area contributed by atoms with Crippen LogP contribution in [0.4, 0.5) is 0 Å². The van der Waals surface area contributed by atoms with Crippen LogP contribution in [0.5, 0.6) is 0 Å². The van der Waals surface area contributed by atoms with Gasteiger partial charge in [0, 0.05) is 27.3 Å². The molecular formula is C34H24N3OP. The number of rotatable bonds is 4. The zero-order chi connectivity index (χ0) is 26.4. The third-order valence-corrected chi connectivity index (χ3v) is 9.90. The summed E-state index contributed by atoms with van der Waals surface area (Å²) in [6.07, 6.45) is 0. The second-order valence-electron chi connectivity index (χ2n) is 9.79. The lowest BCUT2D eigenvalue weighted by molar-refractivity contribution is 0.591. The fraction of sp³-hybridized carbons (Fsp3) is 0.0294.